The first-order chi connectivity index (χ1) is 10.7. The number of aliphatic hydroxyl groups is 2. The maximum Gasteiger partial charge on any atom is 0.162 e. The summed E-state index contributed by atoms with van der Waals surface area (Å²) in [5, 5.41) is 21.2. The molecule has 0 spiro atoms. The van der Waals surface area contributed by atoms with E-state index in [1.165, 1.54) is 0 Å². The number of benzene rings is 2. The second-order valence-corrected chi connectivity index (χ2v) is 4.86. The average molecular weight is 303 g/mol. The summed E-state index contributed by atoms with van der Waals surface area (Å²) < 4.78 is 11.1. The van der Waals surface area contributed by atoms with Crippen LogP contribution in [-0.2, 0) is 6.61 Å². The van der Waals surface area contributed by atoms with Crippen LogP contribution < -0.4 is 14.8 Å². The van der Waals surface area contributed by atoms with Crippen LogP contribution in [0.5, 0.6) is 11.5 Å². The van der Waals surface area contributed by atoms with E-state index in [1.807, 2.05) is 42.5 Å². The molecule has 5 heteroatoms. The zero-order valence-corrected chi connectivity index (χ0v) is 12.5. The number of hydrogen-bond donors (Lipinski definition) is 3. The van der Waals surface area contributed by atoms with Gasteiger partial charge in [-0.2, -0.15) is 0 Å². The molecule has 1 atom stereocenters. The van der Waals surface area contributed by atoms with Crippen LogP contribution in [0.2, 0.25) is 0 Å². The monoisotopic (exact) mass is 303 g/mol. The van der Waals surface area contributed by atoms with E-state index in [9.17, 15) is 5.11 Å². The molecule has 0 aliphatic heterocycles. The van der Waals surface area contributed by atoms with E-state index in [1.54, 1.807) is 13.2 Å². The predicted molar refractivity (Wildman–Crippen MR) is 85.4 cm³/mol. The van der Waals surface area contributed by atoms with Crippen LogP contribution in [0, 0.1) is 0 Å². The summed E-state index contributed by atoms with van der Waals surface area (Å²) >= 11 is 0. The zero-order valence-electron chi connectivity index (χ0n) is 12.5. The minimum Gasteiger partial charge on any atom is -0.493 e. The van der Waals surface area contributed by atoms with Crippen LogP contribution in [-0.4, -0.2) is 36.6 Å². The summed E-state index contributed by atoms with van der Waals surface area (Å²) in [7, 11) is 1.58. The maximum absolute atomic E-state index is 9.34. The quantitative estimate of drug-likeness (QED) is 0.696. The molecule has 0 fully saturated rings. The van der Waals surface area contributed by atoms with E-state index in [-0.39, 0.29) is 13.2 Å². The first-order valence-electron chi connectivity index (χ1n) is 7.10. The van der Waals surface area contributed by atoms with Crippen LogP contribution in [0.3, 0.4) is 0 Å². The second kappa shape index (κ2) is 8.26. The molecule has 0 radical (unpaired) electrons. The van der Waals surface area contributed by atoms with E-state index in [4.69, 9.17) is 14.6 Å². The Hall–Kier alpha value is -2.24. The Bertz CT molecular complexity index is 574. The van der Waals surface area contributed by atoms with Gasteiger partial charge in [0.05, 0.1) is 19.8 Å². The third-order valence-electron chi connectivity index (χ3n) is 3.15. The lowest BCUT2D eigenvalue weighted by Gasteiger charge is -2.14. The molecule has 0 aromatic heterocycles. The lowest BCUT2D eigenvalue weighted by Crippen LogP contribution is -2.22. The molecular weight excluding hydrogens is 282 g/mol. The minimum atomic E-state index is -0.792. The number of rotatable bonds is 8. The van der Waals surface area contributed by atoms with Gasteiger partial charge in [-0.05, 0) is 17.7 Å². The predicted octanol–water partition coefficient (Wildman–Crippen LogP) is 2.04. The first-order valence-corrected chi connectivity index (χ1v) is 7.10. The van der Waals surface area contributed by atoms with Gasteiger partial charge in [-0.1, -0.05) is 30.3 Å². The number of hydrogen-bond acceptors (Lipinski definition) is 5. The van der Waals surface area contributed by atoms with E-state index in [0.717, 1.165) is 11.3 Å². The Morgan fingerprint density at radius 3 is 2.55 bits per heavy atom. The third-order valence-corrected chi connectivity index (χ3v) is 3.15. The van der Waals surface area contributed by atoms with E-state index < -0.39 is 6.10 Å². The van der Waals surface area contributed by atoms with Crippen LogP contribution in [0.15, 0.2) is 48.5 Å². The third kappa shape index (κ3) is 4.65. The van der Waals surface area contributed by atoms with Crippen LogP contribution >= 0.6 is 0 Å². The molecule has 0 aliphatic carbocycles. The van der Waals surface area contributed by atoms with Crippen molar-refractivity contribution < 1.29 is 19.7 Å². The van der Waals surface area contributed by atoms with E-state index >= 15 is 0 Å². The van der Waals surface area contributed by atoms with Gasteiger partial charge in [0.2, 0.25) is 0 Å². The topological polar surface area (TPSA) is 71.0 Å². The fourth-order valence-electron chi connectivity index (χ4n) is 1.93. The normalized spacial score (nSPS) is 11.8. The Morgan fingerprint density at radius 1 is 1.09 bits per heavy atom. The van der Waals surface area contributed by atoms with Gasteiger partial charge in [0, 0.05) is 18.3 Å². The van der Waals surface area contributed by atoms with Gasteiger partial charge in [0.15, 0.2) is 11.5 Å². The average Bonchev–Trinajstić information content (AvgIpc) is 2.58. The van der Waals surface area contributed by atoms with Crippen molar-refractivity contribution in [3.05, 3.63) is 54.1 Å². The summed E-state index contributed by atoms with van der Waals surface area (Å²) in [5.41, 5.74) is 1.87. The summed E-state index contributed by atoms with van der Waals surface area (Å²) in [5.74, 6) is 1.26. The SMILES string of the molecule is COc1cc(NCC(O)CO)ccc1OCc1ccccc1. The molecule has 0 saturated carbocycles. The molecule has 0 saturated heterocycles. The van der Waals surface area contributed by atoms with Crippen molar-refractivity contribution >= 4 is 5.69 Å². The summed E-state index contributed by atoms with van der Waals surface area (Å²) in [4.78, 5) is 0. The molecule has 1 unspecified atom stereocenters. The molecule has 0 amide bonds. The number of methoxy groups -OCH3 is 1. The van der Waals surface area contributed by atoms with Crippen molar-refractivity contribution in [2.45, 2.75) is 12.7 Å². The summed E-state index contributed by atoms with van der Waals surface area (Å²) in [6.45, 7) is 0.458. The largest absolute Gasteiger partial charge is 0.493 e. The summed E-state index contributed by atoms with van der Waals surface area (Å²) in [6.07, 6.45) is -0.792. The molecule has 0 bridgehead atoms. The van der Waals surface area contributed by atoms with Gasteiger partial charge >= 0.3 is 0 Å². The molecule has 2 rings (SSSR count). The number of nitrogens with one attached hydrogen (secondary N) is 1. The van der Waals surface area contributed by atoms with Gasteiger partial charge in [0.1, 0.15) is 6.61 Å². The zero-order chi connectivity index (χ0) is 15.8. The van der Waals surface area contributed by atoms with Gasteiger partial charge in [0.25, 0.3) is 0 Å². The lowest BCUT2D eigenvalue weighted by molar-refractivity contribution is 0.105. The Kier molecular flexibility index (Phi) is 6.06. The smallest absolute Gasteiger partial charge is 0.162 e. The Morgan fingerprint density at radius 2 is 1.86 bits per heavy atom. The van der Waals surface area contributed by atoms with Crippen molar-refractivity contribution in [3.8, 4) is 11.5 Å². The van der Waals surface area contributed by atoms with Gasteiger partial charge < -0.3 is 25.0 Å². The molecule has 0 heterocycles. The molecule has 3 N–H and O–H groups in total. The fourth-order valence-corrected chi connectivity index (χ4v) is 1.93. The van der Waals surface area contributed by atoms with E-state index in [0.29, 0.717) is 18.1 Å². The van der Waals surface area contributed by atoms with Gasteiger partial charge in [-0.15, -0.1) is 0 Å². The molecule has 5 nitrogen and oxygen atoms in total. The standard InChI is InChI=1S/C17H21NO4/c1-21-17-9-14(18-10-15(20)11-19)7-8-16(17)22-12-13-5-3-2-4-6-13/h2-9,15,18-20H,10-12H2,1H3. The van der Waals surface area contributed by atoms with Crippen molar-refractivity contribution in [2.75, 3.05) is 25.6 Å². The number of aliphatic hydroxyl groups excluding tert-OH is 2. The van der Waals surface area contributed by atoms with Gasteiger partial charge in [-0.25, -0.2) is 0 Å². The fraction of sp³-hybridized carbons (Fsp3) is 0.294. The van der Waals surface area contributed by atoms with Crippen molar-refractivity contribution in [1.82, 2.24) is 0 Å². The Labute approximate surface area is 130 Å². The van der Waals surface area contributed by atoms with Crippen LogP contribution in [0.1, 0.15) is 5.56 Å². The summed E-state index contributed by atoms with van der Waals surface area (Å²) in [6, 6.07) is 15.3. The van der Waals surface area contributed by atoms with Crippen molar-refractivity contribution in [1.29, 1.82) is 0 Å². The van der Waals surface area contributed by atoms with Crippen LogP contribution in [0.4, 0.5) is 5.69 Å². The van der Waals surface area contributed by atoms with E-state index in [2.05, 4.69) is 5.32 Å². The van der Waals surface area contributed by atoms with Crippen molar-refractivity contribution in [2.24, 2.45) is 0 Å². The molecule has 22 heavy (non-hydrogen) atoms. The van der Waals surface area contributed by atoms with Gasteiger partial charge in [-0.3, -0.25) is 0 Å². The highest BCUT2D eigenvalue weighted by Gasteiger charge is 2.07. The maximum atomic E-state index is 9.34. The highest BCUT2D eigenvalue weighted by molar-refractivity contribution is 5.54. The molecule has 2 aromatic carbocycles. The second-order valence-electron chi connectivity index (χ2n) is 4.86. The van der Waals surface area contributed by atoms with Crippen molar-refractivity contribution in [3.63, 3.8) is 0 Å². The molecule has 2 aromatic rings. The first kappa shape index (κ1) is 16.1. The molecule has 118 valence electrons. The number of ether oxygens (including phenoxy) is 2. The molecule has 0 aliphatic rings. The minimum absolute atomic E-state index is 0.268. The lowest BCUT2D eigenvalue weighted by atomic mass is 10.2. The molecular formula is C17H21NO4. The number of anilines is 1. The Balaban J connectivity index is 1.99. The van der Waals surface area contributed by atoms with Crippen LogP contribution in [0.25, 0.3) is 0 Å². The highest BCUT2D eigenvalue weighted by atomic mass is 16.5. The highest BCUT2D eigenvalue weighted by Crippen LogP contribution is 2.30.